The number of benzene rings is 3. The van der Waals surface area contributed by atoms with E-state index in [-0.39, 0.29) is 0 Å². The van der Waals surface area contributed by atoms with Crippen LogP contribution in [0.5, 0.6) is 11.5 Å². The molecule has 0 bridgehead atoms. The van der Waals surface area contributed by atoms with Gasteiger partial charge in [0.15, 0.2) is 0 Å². The van der Waals surface area contributed by atoms with Crippen molar-refractivity contribution in [1.82, 2.24) is 4.90 Å². The number of nitrogens with zero attached hydrogens (tertiary/aromatic N) is 1. The highest BCUT2D eigenvalue weighted by Crippen LogP contribution is 2.30. The second-order valence-electron chi connectivity index (χ2n) is 8.09. The van der Waals surface area contributed by atoms with Crippen LogP contribution in [0.1, 0.15) is 29.2 Å². The van der Waals surface area contributed by atoms with Crippen LogP contribution in [-0.2, 0) is 23.4 Å². The quantitative estimate of drug-likeness (QED) is 0.429. The molecule has 0 aliphatic heterocycles. The molecule has 0 N–H and O–H groups in total. The van der Waals surface area contributed by atoms with Gasteiger partial charge in [0.05, 0.1) is 14.2 Å². The summed E-state index contributed by atoms with van der Waals surface area (Å²) in [5.41, 5.74) is 4.49. The Labute approximate surface area is 186 Å². The van der Waals surface area contributed by atoms with Crippen molar-refractivity contribution in [3.8, 4) is 11.5 Å². The summed E-state index contributed by atoms with van der Waals surface area (Å²) in [6.45, 7) is 6.68. The van der Waals surface area contributed by atoms with Crippen molar-refractivity contribution in [3.05, 3.63) is 95.1 Å². The first-order chi connectivity index (χ1) is 15.0. The van der Waals surface area contributed by atoms with Crippen molar-refractivity contribution in [2.24, 2.45) is 0 Å². The van der Waals surface area contributed by atoms with Gasteiger partial charge >= 0.3 is 0 Å². The summed E-state index contributed by atoms with van der Waals surface area (Å²) < 4.78 is 16.7. The summed E-state index contributed by atoms with van der Waals surface area (Å²) in [7, 11) is 5.18. The lowest BCUT2D eigenvalue weighted by Gasteiger charge is -2.36. The number of aryl methyl sites for hydroxylation is 1. The van der Waals surface area contributed by atoms with Gasteiger partial charge in [-0.15, -0.1) is 0 Å². The summed E-state index contributed by atoms with van der Waals surface area (Å²) >= 11 is 0. The number of hydrogen-bond donors (Lipinski definition) is 0. The SMILES string of the molecule is COc1ccc(CN(Cc2ccc(OC)cc2)C[C@@](C)(OC)c2ccccc2C)cc1. The van der Waals surface area contributed by atoms with Crippen molar-refractivity contribution in [1.29, 1.82) is 0 Å². The maximum absolute atomic E-state index is 6.10. The fourth-order valence-electron chi connectivity index (χ4n) is 4.00. The molecule has 0 saturated carbocycles. The second-order valence-corrected chi connectivity index (χ2v) is 8.09. The van der Waals surface area contributed by atoms with Crippen LogP contribution in [0.15, 0.2) is 72.8 Å². The van der Waals surface area contributed by atoms with Crippen LogP contribution in [0.2, 0.25) is 0 Å². The lowest BCUT2D eigenvalue weighted by atomic mass is 9.90. The molecule has 1 atom stereocenters. The summed E-state index contributed by atoms with van der Waals surface area (Å²) in [4.78, 5) is 2.43. The van der Waals surface area contributed by atoms with E-state index in [1.54, 1.807) is 21.3 Å². The van der Waals surface area contributed by atoms with Gasteiger partial charge in [-0.2, -0.15) is 0 Å². The Hall–Kier alpha value is -2.82. The van der Waals surface area contributed by atoms with E-state index in [2.05, 4.69) is 67.3 Å². The average Bonchev–Trinajstić information content (AvgIpc) is 2.80. The zero-order valence-corrected chi connectivity index (χ0v) is 19.2. The van der Waals surface area contributed by atoms with E-state index in [1.807, 2.05) is 24.3 Å². The standard InChI is InChI=1S/C27H33NO3/c1-21-8-6-7-9-26(21)27(2,31-5)20-28(18-22-10-14-24(29-3)15-11-22)19-23-12-16-25(30-4)17-13-23/h6-17H,18-20H2,1-5H3/t27-/m1/s1. The molecule has 0 aliphatic rings. The van der Waals surface area contributed by atoms with Gasteiger partial charge < -0.3 is 14.2 Å². The predicted molar refractivity (Wildman–Crippen MR) is 126 cm³/mol. The van der Waals surface area contributed by atoms with E-state index >= 15 is 0 Å². The first kappa shape index (κ1) is 22.9. The van der Waals surface area contributed by atoms with E-state index < -0.39 is 5.60 Å². The highest BCUT2D eigenvalue weighted by atomic mass is 16.5. The van der Waals surface area contributed by atoms with Crippen molar-refractivity contribution < 1.29 is 14.2 Å². The molecule has 3 rings (SSSR count). The fourth-order valence-corrected chi connectivity index (χ4v) is 4.00. The molecule has 31 heavy (non-hydrogen) atoms. The molecular weight excluding hydrogens is 386 g/mol. The molecule has 0 radical (unpaired) electrons. The molecule has 0 saturated heterocycles. The van der Waals surface area contributed by atoms with Crippen molar-refractivity contribution in [3.63, 3.8) is 0 Å². The third-order valence-electron chi connectivity index (χ3n) is 5.82. The van der Waals surface area contributed by atoms with Gasteiger partial charge in [0.25, 0.3) is 0 Å². The predicted octanol–water partition coefficient (Wildman–Crippen LogP) is 5.58. The van der Waals surface area contributed by atoms with Crippen LogP contribution in [0.4, 0.5) is 0 Å². The number of methoxy groups -OCH3 is 3. The number of ether oxygens (including phenoxy) is 3. The number of hydrogen-bond acceptors (Lipinski definition) is 4. The molecule has 0 aromatic heterocycles. The molecule has 4 nitrogen and oxygen atoms in total. The highest BCUT2D eigenvalue weighted by molar-refractivity contribution is 5.32. The molecule has 164 valence electrons. The molecule has 0 unspecified atom stereocenters. The van der Waals surface area contributed by atoms with Gasteiger partial charge in [-0.1, -0.05) is 48.5 Å². The van der Waals surface area contributed by atoms with E-state index in [4.69, 9.17) is 14.2 Å². The Morgan fingerprint density at radius 1 is 0.710 bits per heavy atom. The van der Waals surface area contributed by atoms with Gasteiger partial charge in [-0.3, -0.25) is 4.90 Å². The van der Waals surface area contributed by atoms with Crippen LogP contribution in [-0.4, -0.2) is 32.8 Å². The third-order valence-corrected chi connectivity index (χ3v) is 5.82. The molecule has 0 aliphatic carbocycles. The van der Waals surface area contributed by atoms with Gasteiger partial charge in [-0.05, 0) is 60.4 Å². The van der Waals surface area contributed by atoms with Crippen LogP contribution in [0, 0.1) is 6.92 Å². The molecule has 0 fully saturated rings. The molecule has 0 amide bonds. The van der Waals surface area contributed by atoms with E-state index in [9.17, 15) is 0 Å². The topological polar surface area (TPSA) is 30.9 Å². The Kier molecular flexibility index (Phi) is 7.72. The van der Waals surface area contributed by atoms with Crippen molar-refractivity contribution in [2.75, 3.05) is 27.9 Å². The summed E-state index contributed by atoms with van der Waals surface area (Å²) in [5.74, 6) is 1.74. The Morgan fingerprint density at radius 3 is 1.61 bits per heavy atom. The van der Waals surface area contributed by atoms with Crippen LogP contribution < -0.4 is 9.47 Å². The minimum Gasteiger partial charge on any atom is -0.497 e. The Balaban J connectivity index is 1.88. The lowest BCUT2D eigenvalue weighted by Crippen LogP contribution is -2.40. The number of rotatable bonds is 10. The maximum atomic E-state index is 6.10. The Bertz CT molecular complexity index is 903. The fraction of sp³-hybridized carbons (Fsp3) is 0.333. The Morgan fingerprint density at radius 2 is 1.19 bits per heavy atom. The van der Waals surface area contributed by atoms with Gasteiger partial charge in [0.1, 0.15) is 17.1 Å². The zero-order valence-electron chi connectivity index (χ0n) is 19.2. The van der Waals surface area contributed by atoms with Gasteiger partial charge in [0, 0.05) is 26.7 Å². The minimum absolute atomic E-state index is 0.426. The van der Waals surface area contributed by atoms with Crippen LogP contribution in [0.25, 0.3) is 0 Å². The summed E-state index contributed by atoms with van der Waals surface area (Å²) in [6, 6.07) is 25.0. The maximum Gasteiger partial charge on any atom is 0.118 e. The molecule has 3 aromatic rings. The zero-order chi connectivity index (χ0) is 22.3. The summed E-state index contributed by atoms with van der Waals surface area (Å²) in [6.07, 6.45) is 0. The van der Waals surface area contributed by atoms with Crippen molar-refractivity contribution in [2.45, 2.75) is 32.5 Å². The first-order valence-electron chi connectivity index (χ1n) is 10.6. The summed E-state index contributed by atoms with van der Waals surface area (Å²) in [5, 5.41) is 0. The van der Waals surface area contributed by atoms with Crippen molar-refractivity contribution >= 4 is 0 Å². The van der Waals surface area contributed by atoms with E-state index in [1.165, 1.54) is 22.3 Å². The largest absolute Gasteiger partial charge is 0.497 e. The molecule has 3 aromatic carbocycles. The first-order valence-corrected chi connectivity index (χ1v) is 10.6. The minimum atomic E-state index is -0.426. The molecule has 4 heteroatoms. The molecular formula is C27H33NO3. The van der Waals surface area contributed by atoms with E-state index in [0.29, 0.717) is 0 Å². The van der Waals surface area contributed by atoms with Crippen LogP contribution in [0.3, 0.4) is 0 Å². The average molecular weight is 420 g/mol. The smallest absolute Gasteiger partial charge is 0.118 e. The monoisotopic (exact) mass is 419 g/mol. The van der Waals surface area contributed by atoms with Gasteiger partial charge in [0.2, 0.25) is 0 Å². The molecule has 0 heterocycles. The second kappa shape index (κ2) is 10.5. The molecule has 0 spiro atoms. The third kappa shape index (κ3) is 5.87. The van der Waals surface area contributed by atoms with E-state index in [0.717, 1.165) is 31.1 Å². The van der Waals surface area contributed by atoms with Crippen LogP contribution >= 0.6 is 0 Å². The lowest BCUT2D eigenvalue weighted by molar-refractivity contribution is -0.0312. The highest BCUT2D eigenvalue weighted by Gasteiger charge is 2.30. The normalized spacial score (nSPS) is 13.1. The van der Waals surface area contributed by atoms with Gasteiger partial charge in [-0.25, -0.2) is 0 Å².